The molecule has 1 amide bonds. The molecule has 0 radical (unpaired) electrons. The molecule has 1 fully saturated rings. The first-order chi connectivity index (χ1) is 9.26. The summed E-state index contributed by atoms with van der Waals surface area (Å²) in [6.07, 6.45) is 1.48. The van der Waals surface area contributed by atoms with Crippen molar-refractivity contribution in [3.8, 4) is 0 Å². The zero-order valence-corrected chi connectivity index (χ0v) is 12.4. The van der Waals surface area contributed by atoms with Gasteiger partial charge in [-0.15, -0.1) is 23.2 Å². The third-order valence-corrected chi connectivity index (χ3v) is 5.31. The quantitative estimate of drug-likeness (QED) is 0.720. The van der Waals surface area contributed by atoms with Crippen molar-refractivity contribution in [1.29, 1.82) is 0 Å². The van der Waals surface area contributed by atoms with Crippen LogP contribution in [0.25, 0.3) is 0 Å². The van der Waals surface area contributed by atoms with E-state index in [1.165, 1.54) is 11.0 Å². The highest BCUT2D eigenvalue weighted by Crippen LogP contribution is 2.64. The second-order valence-electron chi connectivity index (χ2n) is 5.66. The highest BCUT2D eigenvalue weighted by molar-refractivity contribution is 6.53. The fourth-order valence-electron chi connectivity index (χ4n) is 2.75. The van der Waals surface area contributed by atoms with E-state index in [1.54, 1.807) is 6.92 Å². The molecule has 0 aromatic heterocycles. The van der Waals surface area contributed by atoms with E-state index in [1.807, 2.05) is 0 Å². The van der Waals surface area contributed by atoms with Crippen molar-refractivity contribution in [1.82, 2.24) is 0 Å². The number of hydrogen-bond acceptors (Lipinski definition) is 1. The minimum absolute atomic E-state index is 0.270. The molecule has 0 spiro atoms. The Morgan fingerprint density at radius 3 is 2.60 bits per heavy atom. The molecule has 1 aromatic rings. The van der Waals surface area contributed by atoms with Gasteiger partial charge < -0.3 is 4.90 Å². The number of amides is 1. The number of fused-ring (bicyclic) bond motifs is 1. The number of carbonyl (C=O) groups excluding carboxylic acids is 1. The summed E-state index contributed by atoms with van der Waals surface area (Å²) in [5, 5.41) is 0. The average Bonchev–Trinajstić information content (AvgIpc) is 2.88. The highest BCUT2D eigenvalue weighted by atomic mass is 35.5. The van der Waals surface area contributed by atoms with Crippen LogP contribution in [0.2, 0.25) is 0 Å². The largest absolute Gasteiger partial charge is 0.311 e. The Hall–Kier alpha value is -0.870. The molecule has 0 N–H and O–H groups in total. The predicted molar refractivity (Wildman–Crippen MR) is 74.2 cm³/mol. The Labute approximate surface area is 125 Å². The fraction of sp³-hybridized carbons (Fsp3) is 0.500. The summed E-state index contributed by atoms with van der Waals surface area (Å²) in [7, 11) is 0. The minimum Gasteiger partial charge on any atom is -0.311 e. The Kier molecular flexibility index (Phi) is 3.04. The van der Waals surface area contributed by atoms with Gasteiger partial charge in [-0.05, 0) is 32.3 Å². The lowest BCUT2D eigenvalue weighted by molar-refractivity contribution is -0.123. The molecule has 1 saturated carbocycles. The Morgan fingerprint density at radius 1 is 1.35 bits per heavy atom. The lowest BCUT2D eigenvalue weighted by Crippen LogP contribution is -2.41. The molecule has 0 saturated heterocycles. The van der Waals surface area contributed by atoms with Crippen molar-refractivity contribution in [3.63, 3.8) is 0 Å². The van der Waals surface area contributed by atoms with Crippen molar-refractivity contribution in [3.05, 3.63) is 29.3 Å². The Bertz CT molecular complexity index is 605. The SMILES string of the molecule is C[C@@]1(C(=O)N2CCCc3c(F)cc(F)cc32)CC1(Cl)Cl. The van der Waals surface area contributed by atoms with Gasteiger partial charge in [0.2, 0.25) is 5.91 Å². The molecular weight excluding hydrogens is 307 g/mol. The normalized spacial score (nSPS) is 27.1. The van der Waals surface area contributed by atoms with Gasteiger partial charge in [-0.3, -0.25) is 4.79 Å². The van der Waals surface area contributed by atoms with Gasteiger partial charge >= 0.3 is 0 Å². The van der Waals surface area contributed by atoms with E-state index in [0.29, 0.717) is 37.1 Å². The summed E-state index contributed by atoms with van der Waals surface area (Å²) in [5.41, 5.74) is -0.200. The fourth-order valence-corrected chi connectivity index (χ4v) is 3.45. The summed E-state index contributed by atoms with van der Waals surface area (Å²) in [5.74, 6) is -1.57. The van der Waals surface area contributed by atoms with Crippen LogP contribution in [0.1, 0.15) is 25.3 Å². The molecule has 1 aromatic carbocycles. The van der Waals surface area contributed by atoms with E-state index >= 15 is 0 Å². The number of carbonyl (C=O) groups is 1. The van der Waals surface area contributed by atoms with E-state index in [-0.39, 0.29) is 5.91 Å². The molecule has 3 rings (SSSR count). The van der Waals surface area contributed by atoms with Gasteiger partial charge in [-0.1, -0.05) is 0 Å². The van der Waals surface area contributed by atoms with Gasteiger partial charge in [0.1, 0.15) is 16.0 Å². The van der Waals surface area contributed by atoms with Crippen LogP contribution in [0.3, 0.4) is 0 Å². The third kappa shape index (κ3) is 1.92. The number of hydrogen-bond donors (Lipinski definition) is 0. The predicted octanol–water partition coefficient (Wildman–Crippen LogP) is 3.83. The smallest absolute Gasteiger partial charge is 0.236 e. The number of anilines is 1. The standard InChI is InChI=1S/C14H13Cl2F2NO/c1-13(7-14(13,15)16)12(20)19-4-2-3-9-10(18)5-8(17)6-11(9)19/h5-6H,2-4,7H2,1H3/t13-/m0/s1. The first-order valence-corrected chi connectivity index (χ1v) is 7.19. The summed E-state index contributed by atoms with van der Waals surface area (Å²) in [6, 6.07) is 2.05. The summed E-state index contributed by atoms with van der Waals surface area (Å²) in [4.78, 5) is 14.0. The summed E-state index contributed by atoms with van der Waals surface area (Å²) in [6.45, 7) is 2.10. The van der Waals surface area contributed by atoms with Crippen molar-refractivity contribution in [2.45, 2.75) is 30.5 Å². The van der Waals surface area contributed by atoms with E-state index in [2.05, 4.69) is 0 Å². The van der Waals surface area contributed by atoms with E-state index in [9.17, 15) is 13.6 Å². The van der Waals surface area contributed by atoms with Crippen LogP contribution in [0.4, 0.5) is 14.5 Å². The lowest BCUT2D eigenvalue weighted by atomic mass is 9.98. The van der Waals surface area contributed by atoms with Crippen molar-refractivity contribution < 1.29 is 13.6 Å². The number of rotatable bonds is 1. The lowest BCUT2D eigenvalue weighted by Gasteiger charge is -2.32. The first-order valence-electron chi connectivity index (χ1n) is 6.44. The zero-order valence-electron chi connectivity index (χ0n) is 10.9. The molecule has 20 heavy (non-hydrogen) atoms. The highest BCUT2D eigenvalue weighted by Gasteiger charge is 2.69. The van der Waals surface area contributed by atoms with Gasteiger partial charge in [-0.25, -0.2) is 8.78 Å². The molecule has 1 atom stereocenters. The molecule has 0 unspecified atom stereocenters. The number of halogens is 4. The van der Waals surface area contributed by atoms with Crippen LogP contribution in [-0.2, 0) is 11.2 Å². The van der Waals surface area contributed by atoms with Crippen LogP contribution < -0.4 is 4.90 Å². The van der Waals surface area contributed by atoms with Gasteiger partial charge in [0.25, 0.3) is 0 Å². The molecule has 1 heterocycles. The summed E-state index contributed by atoms with van der Waals surface area (Å²) >= 11 is 12.0. The maximum Gasteiger partial charge on any atom is 0.236 e. The molecule has 1 aliphatic heterocycles. The zero-order chi connectivity index (χ0) is 14.7. The van der Waals surface area contributed by atoms with Crippen LogP contribution in [0.5, 0.6) is 0 Å². The van der Waals surface area contributed by atoms with Crippen molar-refractivity contribution in [2.75, 3.05) is 11.4 Å². The monoisotopic (exact) mass is 319 g/mol. The van der Waals surface area contributed by atoms with E-state index in [4.69, 9.17) is 23.2 Å². The minimum atomic E-state index is -1.09. The van der Waals surface area contributed by atoms with Gasteiger partial charge in [0.15, 0.2) is 0 Å². The maximum atomic E-state index is 13.8. The first kappa shape index (κ1) is 14.1. The van der Waals surface area contributed by atoms with Crippen LogP contribution in [-0.4, -0.2) is 16.8 Å². The van der Waals surface area contributed by atoms with Crippen LogP contribution in [0.15, 0.2) is 12.1 Å². The van der Waals surface area contributed by atoms with Crippen LogP contribution in [0, 0.1) is 17.0 Å². The average molecular weight is 320 g/mol. The molecule has 0 bridgehead atoms. The Balaban J connectivity index is 2.01. The molecule has 108 valence electrons. The Morgan fingerprint density at radius 2 is 2.00 bits per heavy atom. The van der Waals surface area contributed by atoms with E-state index in [0.717, 1.165) is 6.07 Å². The molecule has 2 nitrogen and oxygen atoms in total. The topological polar surface area (TPSA) is 20.3 Å². The third-order valence-electron chi connectivity index (χ3n) is 4.21. The van der Waals surface area contributed by atoms with Crippen LogP contribution >= 0.6 is 23.2 Å². The maximum absolute atomic E-state index is 13.8. The van der Waals surface area contributed by atoms with Gasteiger partial charge in [0.05, 0.1) is 11.1 Å². The van der Waals surface area contributed by atoms with E-state index < -0.39 is 21.4 Å². The second-order valence-corrected chi connectivity index (χ2v) is 7.14. The number of benzene rings is 1. The van der Waals surface area contributed by atoms with Crippen molar-refractivity contribution in [2.24, 2.45) is 5.41 Å². The molecule has 1 aliphatic carbocycles. The van der Waals surface area contributed by atoms with Crippen molar-refractivity contribution >= 4 is 34.8 Å². The summed E-state index contributed by atoms with van der Waals surface area (Å²) < 4.78 is 26.1. The second kappa shape index (κ2) is 4.31. The molecule has 6 heteroatoms. The van der Waals surface area contributed by atoms with Gasteiger partial charge in [-0.2, -0.15) is 0 Å². The molecule has 2 aliphatic rings. The van der Waals surface area contributed by atoms with Gasteiger partial charge in [0, 0.05) is 18.2 Å². The number of alkyl halides is 2. The number of nitrogens with zero attached hydrogens (tertiary/aromatic N) is 1. The molecular formula is C14H13Cl2F2NO.